The summed E-state index contributed by atoms with van der Waals surface area (Å²) < 4.78 is 0. The summed E-state index contributed by atoms with van der Waals surface area (Å²) in [6.07, 6.45) is 4.12. The van der Waals surface area contributed by atoms with Crippen molar-refractivity contribution in [3.8, 4) is 0 Å². The highest BCUT2D eigenvalue weighted by Crippen LogP contribution is 2.24. The van der Waals surface area contributed by atoms with E-state index in [9.17, 15) is 24.3 Å². The van der Waals surface area contributed by atoms with E-state index in [0.29, 0.717) is 18.0 Å². The Morgan fingerprint density at radius 1 is 0.938 bits per heavy atom. The Labute approximate surface area is 282 Å². The molecule has 1 fully saturated rings. The third kappa shape index (κ3) is 11.6. The molecule has 1 aromatic heterocycles. The van der Waals surface area contributed by atoms with E-state index < -0.39 is 47.9 Å². The lowest BCUT2D eigenvalue weighted by Crippen LogP contribution is -2.59. The van der Waals surface area contributed by atoms with Crippen LogP contribution in [0.25, 0.3) is 10.9 Å². The molecule has 0 aliphatic heterocycles. The Balaban J connectivity index is 1.53. The first-order valence-corrected chi connectivity index (χ1v) is 16.7. The lowest BCUT2D eigenvalue weighted by molar-refractivity contribution is -0.128. The number of benzene rings is 2. The first-order valence-electron chi connectivity index (χ1n) is 16.7. The van der Waals surface area contributed by atoms with Gasteiger partial charge in [0.1, 0.15) is 11.7 Å². The van der Waals surface area contributed by atoms with E-state index >= 15 is 0 Å². The number of pyridine rings is 1. The van der Waals surface area contributed by atoms with Gasteiger partial charge < -0.3 is 26.8 Å². The monoisotopic (exact) mass is 659 g/mol. The van der Waals surface area contributed by atoms with Gasteiger partial charge >= 0.3 is 6.03 Å². The van der Waals surface area contributed by atoms with E-state index in [2.05, 4.69) is 26.4 Å². The first kappa shape index (κ1) is 36.3. The number of aliphatic hydroxyl groups is 1. The number of primary amides is 1. The van der Waals surface area contributed by atoms with Crippen LogP contribution in [-0.2, 0) is 16.0 Å². The number of nitrogens with one attached hydrogen (secondary N) is 4. The molecule has 3 atom stereocenters. The average molecular weight is 660 g/mol. The van der Waals surface area contributed by atoms with E-state index in [1.807, 2.05) is 63.2 Å². The topological polar surface area (TPSA) is 179 Å². The summed E-state index contributed by atoms with van der Waals surface area (Å²) >= 11 is 0. The standard InChI is InChI=1S/C36H49N7O5/c1-36(2,3)41-35(48)42-43(22-25-14-8-5-9-15-25)23-31(44)29(20-24-12-6-4-7-13-24)39-34(47)30(21-32(37)45)40-33(46)28-19-18-26-16-10-11-17-27(26)38-28/h4,6-7,10-13,16-19,25,29-31,44H,5,8-9,14-15,20-23H2,1-3H3,(H2,37,45)(H,39,47)(H,40,46)(H2,41,42,48)/t29-,30-,31-/m0/s1. The number of carbonyl (C=O) groups is 4. The number of aromatic nitrogens is 1. The largest absolute Gasteiger partial charge is 0.390 e. The molecule has 48 heavy (non-hydrogen) atoms. The molecule has 5 amide bonds. The fourth-order valence-corrected chi connectivity index (χ4v) is 5.98. The lowest BCUT2D eigenvalue weighted by Gasteiger charge is -2.34. The fraction of sp³-hybridized carbons (Fsp3) is 0.472. The van der Waals surface area contributed by atoms with Gasteiger partial charge in [-0.15, -0.1) is 0 Å². The van der Waals surface area contributed by atoms with Crippen molar-refractivity contribution >= 4 is 34.7 Å². The number of rotatable bonds is 14. The van der Waals surface area contributed by atoms with Gasteiger partial charge in [0.05, 0.1) is 24.1 Å². The number of aliphatic hydroxyl groups excluding tert-OH is 1. The number of hydrazine groups is 1. The van der Waals surface area contributed by atoms with Crippen LogP contribution in [0.4, 0.5) is 4.79 Å². The molecule has 0 bridgehead atoms. The lowest BCUT2D eigenvalue weighted by atomic mass is 9.89. The van der Waals surface area contributed by atoms with Gasteiger partial charge in [-0.2, -0.15) is 0 Å². The molecule has 0 radical (unpaired) electrons. The molecular weight excluding hydrogens is 610 g/mol. The minimum atomic E-state index is -1.32. The summed E-state index contributed by atoms with van der Waals surface area (Å²) in [4.78, 5) is 56.3. The van der Waals surface area contributed by atoms with E-state index in [0.717, 1.165) is 36.6 Å². The second-order valence-electron chi connectivity index (χ2n) is 13.7. The van der Waals surface area contributed by atoms with Gasteiger partial charge in [0.2, 0.25) is 11.8 Å². The smallest absolute Gasteiger partial charge is 0.329 e. The van der Waals surface area contributed by atoms with Crippen molar-refractivity contribution in [2.24, 2.45) is 11.7 Å². The molecule has 3 aromatic rings. The van der Waals surface area contributed by atoms with Crippen LogP contribution in [0.1, 0.15) is 75.3 Å². The van der Waals surface area contributed by atoms with E-state index in [4.69, 9.17) is 5.73 Å². The number of amides is 5. The zero-order valence-electron chi connectivity index (χ0n) is 28.1. The minimum absolute atomic E-state index is 0.0275. The summed E-state index contributed by atoms with van der Waals surface area (Å²) in [7, 11) is 0. The molecule has 1 aliphatic carbocycles. The number of urea groups is 1. The summed E-state index contributed by atoms with van der Waals surface area (Å²) in [6, 6.07) is 17.4. The van der Waals surface area contributed by atoms with Crippen molar-refractivity contribution in [1.82, 2.24) is 31.4 Å². The molecule has 1 heterocycles. The Kier molecular flexibility index (Phi) is 12.9. The molecule has 12 nitrogen and oxygen atoms in total. The van der Waals surface area contributed by atoms with Crippen molar-refractivity contribution < 1.29 is 24.3 Å². The minimum Gasteiger partial charge on any atom is -0.390 e. The molecule has 0 saturated heterocycles. The molecule has 7 N–H and O–H groups in total. The Morgan fingerprint density at radius 2 is 1.62 bits per heavy atom. The third-order valence-corrected chi connectivity index (χ3v) is 8.31. The maximum Gasteiger partial charge on any atom is 0.329 e. The normalized spacial score (nSPS) is 15.7. The summed E-state index contributed by atoms with van der Waals surface area (Å²) in [6.45, 7) is 6.22. The summed E-state index contributed by atoms with van der Waals surface area (Å²) in [5.41, 5.74) is 9.48. The Hall–Kier alpha value is -4.55. The number of fused-ring (bicyclic) bond motifs is 1. The van der Waals surface area contributed by atoms with Gasteiger partial charge in [0.25, 0.3) is 5.91 Å². The predicted octanol–water partition coefficient (Wildman–Crippen LogP) is 3.19. The van der Waals surface area contributed by atoms with Crippen LogP contribution in [0, 0.1) is 5.92 Å². The van der Waals surface area contributed by atoms with E-state index in [-0.39, 0.29) is 24.7 Å². The van der Waals surface area contributed by atoms with Gasteiger partial charge in [-0.05, 0) is 63.6 Å². The maximum atomic E-state index is 13.7. The fourth-order valence-electron chi connectivity index (χ4n) is 5.98. The van der Waals surface area contributed by atoms with Crippen LogP contribution >= 0.6 is 0 Å². The van der Waals surface area contributed by atoms with Crippen molar-refractivity contribution in [3.05, 3.63) is 78.0 Å². The second kappa shape index (κ2) is 17.0. The molecular formula is C36H49N7O5. The van der Waals surface area contributed by atoms with Crippen LogP contribution in [0.2, 0.25) is 0 Å². The number of nitrogens with two attached hydrogens (primary N) is 1. The molecule has 1 aliphatic rings. The number of carbonyl (C=O) groups excluding carboxylic acids is 4. The summed E-state index contributed by atoms with van der Waals surface area (Å²) in [5.74, 6) is -1.76. The number of para-hydroxylation sites is 1. The quantitative estimate of drug-likeness (QED) is 0.144. The molecule has 0 unspecified atom stereocenters. The predicted molar refractivity (Wildman–Crippen MR) is 184 cm³/mol. The molecule has 0 spiro atoms. The number of hydrogen-bond acceptors (Lipinski definition) is 7. The van der Waals surface area contributed by atoms with E-state index in [1.165, 1.54) is 6.42 Å². The van der Waals surface area contributed by atoms with Crippen molar-refractivity contribution in [1.29, 1.82) is 0 Å². The second-order valence-corrected chi connectivity index (χ2v) is 13.7. The van der Waals surface area contributed by atoms with Gasteiger partial charge in [-0.25, -0.2) is 14.8 Å². The molecule has 12 heteroatoms. The highest BCUT2D eigenvalue weighted by atomic mass is 16.3. The molecule has 1 saturated carbocycles. The van der Waals surface area contributed by atoms with Crippen LogP contribution in [0.15, 0.2) is 66.7 Å². The molecule has 2 aromatic carbocycles. The third-order valence-electron chi connectivity index (χ3n) is 8.31. The highest BCUT2D eigenvalue weighted by molar-refractivity contribution is 5.99. The van der Waals surface area contributed by atoms with Crippen LogP contribution in [0.3, 0.4) is 0 Å². The number of hydrogen-bond donors (Lipinski definition) is 6. The van der Waals surface area contributed by atoms with Crippen LogP contribution in [-0.4, -0.2) is 75.7 Å². The number of nitrogens with zero attached hydrogens (tertiary/aromatic N) is 2. The van der Waals surface area contributed by atoms with Crippen molar-refractivity contribution in [2.45, 2.75) is 89.4 Å². The molecule has 4 rings (SSSR count). The highest BCUT2D eigenvalue weighted by Gasteiger charge is 2.31. The van der Waals surface area contributed by atoms with E-state index in [1.54, 1.807) is 29.3 Å². The van der Waals surface area contributed by atoms with Gasteiger partial charge in [-0.3, -0.25) is 19.8 Å². The Bertz CT molecular complexity index is 1540. The first-order chi connectivity index (χ1) is 22.9. The van der Waals surface area contributed by atoms with Gasteiger partial charge in [0.15, 0.2) is 0 Å². The van der Waals surface area contributed by atoms with Gasteiger partial charge in [-0.1, -0.05) is 73.9 Å². The zero-order valence-corrected chi connectivity index (χ0v) is 28.1. The summed E-state index contributed by atoms with van der Waals surface area (Å²) in [5, 5.41) is 22.6. The van der Waals surface area contributed by atoms with Crippen LogP contribution < -0.4 is 27.1 Å². The zero-order chi connectivity index (χ0) is 34.7. The average Bonchev–Trinajstić information content (AvgIpc) is 3.03. The molecule has 258 valence electrons. The SMILES string of the molecule is CC(C)(C)NC(=O)NN(CC1CCCCC1)C[C@H](O)[C@H](Cc1ccccc1)NC(=O)[C@H](CC(N)=O)NC(=O)c1ccc2ccccc2n1. The van der Waals surface area contributed by atoms with Crippen LogP contribution in [0.5, 0.6) is 0 Å². The van der Waals surface area contributed by atoms with Crippen molar-refractivity contribution in [2.75, 3.05) is 13.1 Å². The van der Waals surface area contributed by atoms with Gasteiger partial charge in [0, 0.05) is 24.0 Å². The van der Waals surface area contributed by atoms with Crippen molar-refractivity contribution in [3.63, 3.8) is 0 Å². The maximum absolute atomic E-state index is 13.7. The Morgan fingerprint density at radius 3 is 2.31 bits per heavy atom.